The predicted octanol–water partition coefficient (Wildman–Crippen LogP) is 6.00. The Morgan fingerprint density at radius 2 is 1.81 bits per heavy atom. The van der Waals surface area contributed by atoms with Gasteiger partial charge < -0.3 is 14.8 Å². The molecule has 0 heterocycles. The molecule has 0 atom stereocenters. The smallest absolute Gasteiger partial charge is 0.163 e. The molecule has 0 unspecified atom stereocenters. The average molecular weight is 394 g/mol. The van der Waals surface area contributed by atoms with Crippen LogP contribution in [0.1, 0.15) is 43.7 Å². The van der Waals surface area contributed by atoms with Crippen LogP contribution in [-0.2, 0) is 13.2 Å². The standard InChI is InChI=1S/C21H25Cl2NO2/c1-2-25-20-11-16(13-24-18-8-3-4-9-18)19(23)12-21(20)26-14-15-6-5-7-17(22)10-15/h5-7,10-12,18,24H,2-4,8-9,13-14H2,1H3. The molecule has 0 saturated heterocycles. The quantitative estimate of drug-likeness (QED) is 0.595. The zero-order chi connectivity index (χ0) is 18.4. The number of hydrogen-bond donors (Lipinski definition) is 1. The van der Waals surface area contributed by atoms with Crippen molar-refractivity contribution >= 4 is 23.2 Å². The van der Waals surface area contributed by atoms with E-state index in [1.165, 1.54) is 25.7 Å². The summed E-state index contributed by atoms with van der Waals surface area (Å²) >= 11 is 12.5. The Morgan fingerprint density at radius 3 is 2.54 bits per heavy atom. The van der Waals surface area contributed by atoms with Crippen molar-refractivity contribution in [3.63, 3.8) is 0 Å². The van der Waals surface area contributed by atoms with E-state index in [1.807, 2.05) is 43.3 Å². The molecule has 3 nitrogen and oxygen atoms in total. The minimum atomic E-state index is 0.413. The van der Waals surface area contributed by atoms with Crippen molar-refractivity contribution in [1.82, 2.24) is 5.32 Å². The van der Waals surface area contributed by atoms with Crippen LogP contribution < -0.4 is 14.8 Å². The number of halogens is 2. The number of nitrogens with one attached hydrogen (secondary N) is 1. The van der Waals surface area contributed by atoms with E-state index < -0.39 is 0 Å². The van der Waals surface area contributed by atoms with Crippen molar-refractivity contribution in [2.75, 3.05) is 6.61 Å². The Labute approximate surface area is 165 Å². The van der Waals surface area contributed by atoms with Gasteiger partial charge in [0.1, 0.15) is 6.61 Å². The van der Waals surface area contributed by atoms with Gasteiger partial charge in [0.15, 0.2) is 11.5 Å². The second-order valence-electron chi connectivity index (χ2n) is 6.60. The van der Waals surface area contributed by atoms with Gasteiger partial charge >= 0.3 is 0 Å². The topological polar surface area (TPSA) is 30.5 Å². The van der Waals surface area contributed by atoms with Crippen LogP contribution in [0.15, 0.2) is 36.4 Å². The van der Waals surface area contributed by atoms with E-state index in [4.69, 9.17) is 32.7 Å². The van der Waals surface area contributed by atoms with Crippen molar-refractivity contribution in [3.05, 3.63) is 57.6 Å². The third-order valence-corrected chi connectivity index (χ3v) is 5.22. The third kappa shape index (κ3) is 5.29. The van der Waals surface area contributed by atoms with Crippen LogP contribution in [0, 0.1) is 0 Å². The molecule has 1 aliphatic rings. The SMILES string of the molecule is CCOc1cc(CNC2CCCC2)c(Cl)cc1OCc1cccc(Cl)c1. The zero-order valence-electron chi connectivity index (χ0n) is 15.1. The Balaban J connectivity index is 1.70. The molecule has 2 aromatic rings. The van der Waals surface area contributed by atoms with E-state index >= 15 is 0 Å². The average Bonchev–Trinajstić information content (AvgIpc) is 3.14. The summed E-state index contributed by atoms with van der Waals surface area (Å²) in [6.45, 7) is 3.70. The first kappa shape index (κ1) is 19.3. The van der Waals surface area contributed by atoms with Crippen molar-refractivity contribution in [1.29, 1.82) is 0 Å². The molecule has 140 valence electrons. The minimum absolute atomic E-state index is 0.413. The van der Waals surface area contributed by atoms with E-state index in [0.29, 0.717) is 35.1 Å². The van der Waals surface area contributed by atoms with Crippen LogP contribution in [0.3, 0.4) is 0 Å². The largest absolute Gasteiger partial charge is 0.490 e. The monoisotopic (exact) mass is 393 g/mol. The fraction of sp³-hybridized carbons (Fsp3) is 0.429. The summed E-state index contributed by atoms with van der Waals surface area (Å²) in [5, 5.41) is 4.99. The Morgan fingerprint density at radius 1 is 1.04 bits per heavy atom. The summed E-state index contributed by atoms with van der Waals surface area (Å²) in [6.07, 6.45) is 5.12. The van der Waals surface area contributed by atoms with E-state index in [-0.39, 0.29) is 0 Å². The molecule has 1 saturated carbocycles. The summed E-state index contributed by atoms with van der Waals surface area (Å²) in [7, 11) is 0. The highest BCUT2D eigenvalue weighted by atomic mass is 35.5. The molecule has 0 spiro atoms. The van der Waals surface area contributed by atoms with Gasteiger partial charge in [-0.05, 0) is 49.1 Å². The van der Waals surface area contributed by atoms with Crippen molar-refractivity contribution in [3.8, 4) is 11.5 Å². The first-order chi connectivity index (χ1) is 12.7. The highest BCUT2D eigenvalue weighted by molar-refractivity contribution is 6.31. The molecule has 0 aliphatic heterocycles. The van der Waals surface area contributed by atoms with Crippen LogP contribution in [0.4, 0.5) is 0 Å². The predicted molar refractivity (Wildman–Crippen MR) is 108 cm³/mol. The maximum absolute atomic E-state index is 6.50. The Kier molecular flexibility index (Phi) is 7.07. The molecule has 1 N–H and O–H groups in total. The second-order valence-corrected chi connectivity index (χ2v) is 7.45. The molecule has 0 amide bonds. The highest BCUT2D eigenvalue weighted by Crippen LogP contribution is 2.34. The molecule has 3 rings (SSSR count). The van der Waals surface area contributed by atoms with Gasteiger partial charge in [0, 0.05) is 28.7 Å². The lowest BCUT2D eigenvalue weighted by Crippen LogP contribution is -2.25. The molecule has 26 heavy (non-hydrogen) atoms. The maximum Gasteiger partial charge on any atom is 0.163 e. The fourth-order valence-corrected chi connectivity index (χ4v) is 3.70. The summed E-state index contributed by atoms with van der Waals surface area (Å²) in [6, 6.07) is 12.1. The second kappa shape index (κ2) is 9.50. The van der Waals surface area contributed by atoms with Crippen molar-refractivity contribution in [2.45, 2.75) is 51.8 Å². The van der Waals surface area contributed by atoms with Crippen molar-refractivity contribution < 1.29 is 9.47 Å². The normalized spacial score (nSPS) is 14.6. The molecule has 1 aliphatic carbocycles. The maximum atomic E-state index is 6.50. The van der Waals surface area contributed by atoms with Gasteiger partial charge in [0.2, 0.25) is 0 Å². The highest BCUT2D eigenvalue weighted by Gasteiger charge is 2.16. The van der Waals surface area contributed by atoms with Crippen LogP contribution in [0.5, 0.6) is 11.5 Å². The van der Waals surface area contributed by atoms with E-state index in [2.05, 4.69) is 5.32 Å². The van der Waals surface area contributed by atoms with Gasteiger partial charge in [0.25, 0.3) is 0 Å². The molecule has 0 aromatic heterocycles. The van der Waals surface area contributed by atoms with Crippen LogP contribution >= 0.6 is 23.2 Å². The molecule has 1 fully saturated rings. The number of hydrogen-bond acceptors (Lipinski definition) is 3. The van der Waals surface area contributed by atoms with Gasteiger partial charge in [-0.15, -0.1) is 0 Å². The van der Waals surface area contributed by atoms with Crippen LogP contribution in [0.2, 0.25) is 10.0 Å². The first-order valence-corrected chi connectivity index (χ1v) is 9.97. The van der Waals surface area contributed by atoms with Crippen LogP contribution in [-0.4, -0.2) is 12.6 Å². The van der Waals surface area contributed by atoms with Crippen molar-refractivity contribution in [2.24, 2.45) is 0 Å². The summed E-state index contributed by atoms with van der Waals surface area (Å²) in [5.41, 5.74) is 2.04. The van der Waals surface area contributed by atoms with Gasteiger partial charge in [0.05, 0.1) is 6.61 Å². The molecular formula is C21H25Cl2NO2. The number of ether oxygens (including phenoxy) is 2. The van der Waals surface area contributed by atoms with Gasteiger partial charge in [-0.25, -0.2) is 0 Å². The van der Waals surface area contributed by atoms with Gasteiger partial charge in [-0.3, -0.25) is 0 Å². The molecule has 0 radical (unpaired) electrons. The minimum Gasteiger partial charge on any atom is -0.490 e. The summed E-state index contributed by atoms with van der Waals surface area (Å²) in [5.74, 6) is 1.38. The lowest BCUT2D eigenvalue weighted by Gasteiger charge is -2.17. The van der Waals surface area contributed by atoms with Gasteiger partial charge in [-0.2, -0.15) is 0 Å². The molecular weight excluding hydrogens is 369 g/mol. The van der Waals surface area contributed by atoms with E-state index in [1.54, 1.807) is 0 Å². The lowest BCUT2D eigenvalue weighted by molar-refractivity contribution is 0.269. The van der Waals surface area contributed by atoms with E-state index in [9.17, 15) is 0 Å². The molecule has 0 bridgehead atoms. The number of benzene rings is 2. The first-order valence-electron chi connectivity index (χ1n) is 9.21. The number of rotatable bonds is 8. The van der Waals surface area contributed by atoms with E-state index in [0.717, 1.165) is 23.4 Å². The fourth-order valence-electron chi connectivity index (χ4n) is 3.27. The lowest BCUT2D eigenvalue weighted by atomic mass is 10.1. The zero-order valence-corrected chi connectivity index (χ0v) is 16.6. The summed E-state index contributed by atoms with van der Waals surface area (Å²) < 4.78 is 11.7. The molecule has 5 heteroatoms. The van der Waals surface area contributed by atoms with Crippen LogP contribution in [0.25, 0.3) is 0 Å². The molecule has 2 aromatic carbocycles. The Bertz CT molecular complexity index is 730. The van der Waals surface area contributed by atoms with Gasteiger partial charge in [-0.1, -0.05) is 48.2 Å². The Hall–Kier alpha value is -1.42. The summed E-state index contributed by atoms with van der Waals surface area (Å²) in [4.78, 5) is 0. The third-order valence-electron chi connectivity index (χ3n) is 4.63.